The molecule has 1 N–H and O–H groups in total. The van der Waals surface area contributed by atoms with E-state index in [1.807, 2.05) is 30.3 Å². The summed E-state index contributed by atoms with van der Waals surface area (Å²) in [6.07, 6.45) is 8.95. The van der Waals surface area contributed by atoms with E-state index in [0.29, 0.717) is 24.3 Å². The van der Waals surface area contributed by atoms with Crippen molar-refractivity contribution >= 4 is 49.2 Å². The Labute approximate surface area is 285 Å². The molecule has 3 aromatic rings. The number of para-hydroxylation sites is 1. The van der Waals surface area contributed by atoms with Gasteiger partial charge in [0, 0.05) is 6.54 Å². The molecule has 1 fully saturated rings. The van der Waals surface area contributed by atoms with E-state index in [2.05, 4.69) is 50.4 Å². The Morgan fingerprint density at radius 1 is 0.851 bits per heavy atom. The fourth-order valence-corrected chi connectivity index (χ4v) is 24.9. The van der Waals surface area contributed by atoms with Crippen LogP contribution >= 0.6 is 0 Å². The molecule has 2 aliphatic rings. The third-order valence-electron chi connectivity index (χ3n) is 10.0. The molecule has 2 atom stereocenters. The summed E-state index contributed by atoms with van der Waals surface area (Å²) in [5.74, 6) is -0.514. The molecule has 0 bridgehead atoms. The van der Waals surface area contributed by atoms with Crippen LogP contribution in [0.3, 0.4) is 0 Å². The summed E-state index contributed by atoms with van der Waals surface area (Å²) in [6.45, 7) is 7.48. The van der Waals surface area contributed by atoms with Gasteiger partial charge in [0.2, 0.25) is 0 Å². The van der Waals surface area contributed by atoms with Crippen LogP contribution in [0, 0.1) is 0 Å². The van der Waals surface area contributed by atoms with E-state index in [1.54, 1.807) is 9.65 Å². The predicted octanol–water partition coefficient (Wildman–Crippen LogP) is 7.89. The molecule has 1 saturated heterocycles. The number of unbranched alkanes of at least 4 members (excludes halogenated alkanes) is 3. The van der Waals surface area contributed by atoms with Gasteiger partial charge in [-0.25, -0.2) is 0 Å². The first-order valence-electron chi connectivity index (χ1n) is 17.5. The zero-order valence-electron chi connectivity index (χ0n) is 28.2. The molecule has 1 aliphatic heterocycles. The summed E-state index contributed by atoms with van der Waals surface area (Å²) < 4.78 is 40.6. The number of carbonyl (C=O) groups excluding carboxylic acids is 2. The molecule has 0 spiro atoms. The number of Topliss-reactive ketones (excluding diaryl/α,β-unsaturated/α-hetero) is 2. The number of rotatable bonds is 17. The standard InChI is InChI=1S/C26H23N2O5S.3C4H9.Sn/c29-25-23-16-21(13-14-22(23)24(26(25)30)27-18-8-3-1-4-9-18)34(31,32)28-15-7-10-19(28)17-33-20-11-5-2-6-12-20;3*1-3-4-2;/h2-6,8-9,11-14,16,19,24,27H,7,10,15,17H2;3*1,3-4H2,2H3;/t19-,24?;;;;/m0..../s1. The van der Waals surface area contributed by atoms with Crippen LogP contribution in [0.4, 0.5) is 5.69 Å². The van der Waals surface area contributed by atoms with Crippen molar-refractivity contribution in [2.45, 2.75) is 102 Å². The molecule has 5 rings (SSSR count). The summed E-state index contributed by atoms with van der Waals surface area (Å²) in [5, 5.41) is 3.31. The third kappa shape index (κ3) is 7.97. The Morgan fingerprint density at radius 3 is 2.11 bits per heavy atom. The number of sulfonamides is 1. The minimum absolute atomic E-state index is 0.0316. The number of fused-ring (bicyclic) bond motifs is 1. The molecule has 47 heavy (non-hydrogen) atoms. The van der Waals surface area contributed by atoms with Crippen LogP contribution in [0.5, 0.6) is 5.75 Å². The van der Waals surface area contributed by atoms with Crippen molar-refractivity contribution in [1.29, 1.82) is 0 Å². The number of ether oxygens (including phenoxy) is 1. The van der Waals surface area contributed by atoms with Gasteiger partial charge in [0.25, 0.3) is 0 Å². The first kappa shape index (κ1) is 35.6. The van der Waals surface area contributed by atoms with Crippen LogP contribution in [0.15, 0.2) is 77.7 Å². The van der Waals surface area contributed by atoms with Gasteiger partial charge in [-0.1, -0.05) is 18.2 Å². The Morgan fingerprint density at radius 2 is 1.49 bits per heavy atom. The zero-order valence-corrected chi connectivity index (χ0v) is 31.8. The van der Waals surface area contributed by atoms with Crippen LogP contribution in [0.1, 0.15) is 94.1 Å². The molecule has 0 radical (unpaired) electrons. The first-order valence-corrected chi connectivity index (χ1v) is 26.5. The third-order valence-corrected chi connectivity index (χ3v) is 27.6. The summed E-state index contributed by atoms with van der Waals surface area (Å²) in [7, 11) is -3.90. The van der Waals surface area contributed by atoms with E-state index in [1.165, 1.54) is 68.3 Å². The monoisotopic (exact) mass is 766 g/mol. The summed E-state index contributed by atoms with van der Waals surface area (Å²) in [4.78, 5) is 26.5. The fourth-order valence-electron chi connectivity index (χ4n) is 7.27. The zero-order chi connectivity index (χ0) is 33.4. The quantitative estimate of drug-likeness (QED) is 0.111. The van der Waals surface area contributed by atoms with Crippen molar-refractivity contribution in [3.05, 3.63) is 83.9 Å². The van der Waals surface area contributed by atoms with E-state index in [4.69, 9.17) is 4.74 Å². The predicted molar refractivity (Wildman–Crippen MR) is 192 cm³/mol. The molecule has 1 unspecified atom stereocenters. The molecule has 3 aromatic carbocycles. The molecular formula is C38H50N2O5SSn. The molecule has 1 heterocycles. The van der Waals surface area contributed by atoms with Gasteiger partial charge in [-0.15, -0.1) is 0 Å². The SMILES string of the molecule is CCC[CH2][Sn]([CH2]CCC)([CH2]CCC)[c]1ccc(NC2C(=O)C(=O)c3cc(S(=O)(=O)N4CCC[C@H]4COc4ccccc4)ccc32)cc1. The summed E-state index contributed by atoms with van der Waals surface area (Å²) >= 11 is -2.59. The van der Waals surface area contributed by atoms with Crippen LogP contribution in [0.2, 0.25) is 13.3 Å². The van der Waals surface area contributed by atoms with Crippen molar-refractivity contribution in [1.82, 2.24) is 4.31 Å². The maximum absolute atomic E-state index is 13.8. The molecule has 1 aliphatic carbocycles. The number of ketones is 2. The number of carbonyl (C=O) groups is 2. The van der Waals surface area contributed by atoms with Crippen LogP contribution in [-0.4, -0.2) is 61.9 Å². The van der Waals surface area contributed by atoms with E-state index >= 15 is 0 Å². The topological polar surface area (TPSA) is 92.8 Å². The molecule has 0 aromatic heterocycles. The average Bonchev–Trinajstić information content (AvgIpc) is 3.67. The maximum atomic E-state index is 13.8. The first-order chi connectivity index (χ1) is 22.7. The Hall–Kier alpha value is -2.69. The molecule has 0 saturated carbocycles. The van der Waals surface area contributed by atoms with Gasteiger partial charge in [0.1, 0.15) is 12.4 Å². The van der Waals surface area contributed by atoms with Gasteiger partial charge in [0.15, 0.2) is 0 Å². The fraction of sp³-hybridized carbons (Fsp3) is 0.474. The van der Waals surface area contributed by atoms with Crippen molar-refractivity contribution in [3.8, 4) is 5.75 Å². The number of hydrogen-bond donors (Lipinski definition) is 1. The van der Waals surface area contributed by atoms with Crippen LogP contribution in [-0.2, 0) is 14.8 Å². The Kier molecular flexibility index (Phi) is 12.2. The summed E-state index contributed by atoms with van der Waals surface area (Å²) in [6, 6.07) is 21.5. The van der Waals surface area contributed by atoms with Gasteiger partial charge in [-0.05, 0) is 25.0 Å². The van der Waals surface area contributed by atoms with Gasteiger partial charge >= 0.3 is 214 Å². The van der Waals surface area contributed by atoms with E-state index in [9.17, 15) is 18.0 Å². The van der Waals surface area contributed by atoms with Gasteiger partial charge in [0.05, 0.1) is 6.04 Å². The van der Waals surface area contributed by atoms with Crippen LogP contribution in [0.25, 0.3) is 0 Å². The van der Waals surface area contributed by atoms with E-state index in [-0.39, 0.29) is 23.1 Å². The van der Waals surface area contributed by atoms with Crippen LogP contribution < -0.4 is 13.6 Å². The number of anilines is 1. The number of hydrogen-bond acceptors (Lipinski definition) is 6. The Bertz CT molecular complexity index is 1610. The number of nitrogens with zero attached hydrogens (tertiary/aromatic N) is 1. The number of nitrogens with one attached hydrogen (secondary N) is 1. The van der Waals surface area contributed by atoms with Crippen molar-refractivity contribution < 1.29 is 22.7 Å². The molecular weight excluding hydrogens is 715 g/mol. The normalized spacial score (nSPS) is 18.4. The minimum atomic E-state index is -3.90. The van der Waals surface area contributed by atoms with Crippen molar-refractivity contribution in [3.63, 3.8) is 0 Å². The van der Waals surface area contributed by atoms with E-state index < -0.39 is 46.0 Å². The van der Waals surface area contributed by atoms with Gasteiger partial charge < -0.3 is 4.74 Å². The Balaban J connectivity index is 1.34. The second-order valence-corrected chi connectivity index (χ2v) is 28.4. The molecule has 0 amide bonds. The molecule has 7 nitrogen and oxygen atoms in total. The van der Waals surface area contributed by atoms with Crippen molar-refractivity contribution in [2.24, 2.45) is 0 Å². The van der Waals surface area contributed by atoms with Gasteiger partial charge in [-0.3, -0.25) is 0 Å². The molecule has 252 valence electrons. The van der Waals surface area contributed by atoms with Gasteiger partial charge in [-0.2, -0.15) is 0 Å². The number of benzene rings is 3. The van der Waals surface area contributed by atoms with E-state index in [0.717, 1.165) is 12.1 Å². The summed E-state index contributed by atoms with van der Waals surface area (Å²) in [5.41, 5.74) is 1.48. The van der Waals surface area contributed by atoms with Crippen molar-refractivity contribution in [2.75, 3.05) is 18.5 Å². The average molecular weight is 766 g/mol. The molecule has 9 heteroatoms. The second-order valence-electron chi connectivity index (χ2n) is 13.2. The second kappa shape index (κ2) is 16.1.